The number of rotatable bonds is 2. The highest BCUT2D eigenvalue weighted by Crippen LogP contribution is 2.23. The predicted octanol–water partition coefficient (Wildman–Crippen LogP) is 0.128. The molecule has 2 rings (SSSR count). The normalized spacial score (nSPS) is 22.2. The van der Waals surface area contributed by atoms with Gasteiger partial charge in [0.1, 0.15) is 5.82 Å². The van der Waals surface area contributed by atoms with Crippen molar-refractivity contribution in [2.24, 2.45) is 5.84 Å². The molecule has 1 atom stereocenters. The lowest BCUT2D eigenvalue weighted by molar-refractivity contribution is 0.109. The molecule has 6 nitrogen and oxygen atoms in total. The molecule has 18 heavy (non-hydrogen) atoms. The quantitative estimate of drug-likeness (QED) is 0.577. The van der Waals surface area contributed by atoms with Crippen LogP contribution < -0.4 is 11.3 Å². The van der Waals surface area contributed by atoms with Crippen LogP contribution in [-0.2, 0) is 0 Å². The van der Waals surface area contributed by atoms with E-state index in [0.29, 0.717) is 11.5 Å². The summed E-state index contributed by atoms with van der Waals surface area (Å²) in [6, 6.07) is 0.0650. The van der Waals surface area contributed by atoms with Gasteiger partial charge in [0.2, 0.25) is 0 Å². The van der Waals surface area contributed by atoms with Gasteiger partial charge in [0.15, 0.2) is 11.6 Å². The SMILES string of the molecule is Cc1nc(C2CN(C)CCN2C)nc(NN)c1F. The van der Waals surface area contributed by atoms with Crippen molar-refractivity contribution in [3.05, 3.63) is 17.3 Å². The molecular weight excluding hydrogens is 235 g/mol. The maximum absolute atomic E-state index is 13.6. The highest BCUT2D eigenvalue weighted by atomic mass is 19.1. The Labute approximate surface area is 106 Å². The molecular formula is C11H19FN6. The van der Waals surface area contributed by atoms with E-state index in [2.05, 4.69) is 32.2 Å². The molecule has 0 spiro atoms. The van der Waals surface area contributed by atoms with Crippen molar-refractivity contribution >= 4 is 5.82 Å². The molecule has 0 bridgehead atoms. The van der Waals surface area contributed by atoms with Crippen LogP contribution in [0.25, 0.3) is 0 Å². The average molecular weight is 254 g/mol. The van der Waals surface area contributed by atoms with Crippen LogP contribution in [0.15, 0.2) is 0 Å². The summed E-state index contributed by atoms with van der Waals surface area (Å²) >= 11 is 0. The van der Waals surface area contributed by atoms with Crippen LogP contribution in [0.3, 0.4) is 0 Å². The van der Waals surface area contributed by atoms with Crippen LogP contribution in [0.5, 0.6) is 0 Å². The summed E-state index contributed by atoms with van der Waals surface area (Å²) in [4.78, 5) is 12.8. The Morgan fingerprint density at radius 1 is 1.33 bits per heavy atom. The van der Waals surface area contributed by atoms with Crippen molar-refractivity contribution in [3.8, 4) is 0 Å². The minimum absolute atomic E-state index is 0.0547. The van der Waals surface area contributed by atoms with Gasteiger partial charge in [-0.25, -0.2) is 20.2 Å². The van der Waals surface area contributed by atoms with Crippen molar-refractivity contribution in [3.63, 3.8) is 0 Å². The van der Waals surface area contributed by atoms with Gasteiger partial charge in [-0.1, -0.05) is 0 Å². The molecule has 0 aliphatic carbocycles. The molecule has 7 heteroatoms. The molecule has 1 saturated heterocycles. The summed E-state index contributed by atoms with van der Waals surface area (Å²) in [5, 5.41) is 0. The lowest BCUT2D eigenvalue weighted by atomic mass is 10.1. The van der Waals surface area contributed by atoms with Crippen molar-refractivity contribution in [1.29, 1.82) is 0 Å². The largest absolute Gasteiger partial charge is 0.306 e. The fourth-order valence-electron chi connectivity index (χ4n) is 2.11. The third-order valence-electron chi connectivity index (χ3n) is 3.32. The van der Waals surface area contributed by atoms with Crippen LogP contribution in [0.2, 0.25) is 0 Å². The molecule has 1 fully saturated rings. The van der Waals surface area contributed by atoms with Crippen LogP contribution in [0, 0.1) is 12.7 Å². The van der Waals surface area contributed by atoms with E-state index in [1.165, 1.54) is 0 Å². The van der Waals surface area contributed by atoms with Crippen LogP contribution >= 0.6 is 0 Å². The third kappa shape index (κ3) is 2.43. The molecule has 0 aromatic carbocycles. The molecule has 0 amide bonds. The number of piperazine rings is 1. The Hall–Kier alpha value is -1.31. The summed E-state index contributed by atoms with van der Waals surface area (Å²) in [6.07, 6.45) is 0. The second-order valence-corrected chi connectivity index (χ2v) is 4.73. The van der Waals surface area contributed by atoms with Crippen molar-refractivity contribution in [2.45, 2.75) is 13.0 Å². The van der Waals surface area contributed by atoms with Gasteiger partial charge in [-0.05, 0) is 21.0 Å². The number of nitrogen functional groups attached to an aromatic ring is 1. The van der Waals surface area contributed by atoms with Crippen LogP contribution in [-0.4, -0.2) is 53.5 Å². The standard InChI is InChI=1S/C11H19FN6/c1-7-9(12)11(16-13)15-10(14-7)8-6-17(2)4-5-18(8)3/h8H,4-6,13H2,1-3H3,(H,14,15,16). The Kier molecular flexibility index (Phi) is 3.74. The number of aromatic nitrogens is 2. The molecule has 1 aliphatic heterocycles. The Balaban J connectivity index is 2.35. The average Bonchev–Trinajstić information content (AvgIpc) is 2.35. The first kappa shape index (κ1) is 13.1. The molecule has 100 valence electrons. The topological polar surface area (TPSA) is 70.3 Å². The molecule has 0 saturated carbocycles. The summed E-state index contributed by atoms with van der Waals surface area (Å²) in [7, 11) is 4.08. The van der Waals surface area contributed by atoms with Gasteiger partial charge >= 0.3 is 0 Å². The van der Waals surface area contributed by atoms with Crippen LogP contribution in [0.4, 0.5) is 10.2 Å². The number of nitrogens with two attached hydrogens (primary N) is 1. The number of hydrogen-bond acceptors (Lipinski definition) is 6. The lowest BCUT2D eigenvalue weighted by Gasteiger charge is -2.36. The van der Waals surface area contributed by atoms with E-state index in [1.807, 2.05) is 7.05 Å². The van der Waals surface area contributed by atoms with E-state index in [1.54, 1.807) is 6.92 Å². The summed E-state index contributed by atoms with van der Waals surface area (Å²) in [5.74, 6) is 5.45. The van der Waals surface area contributed by atoms with Gasteiger partial charge in [0.25, 0.3) is 0 Å². The molecule has 1 aromatic rings. The second-order valence-electron chi connectivity index (χ2n) is 4.73. The first-order chi connectivity index (χ1) is 8.52. The summed E-state index contributed by atoms with van der Waals surface area (Å²) in [5.41, 5.74) is 2.60. The highest BCUT2D eigenvalue weighted by molar-refractivity contribution is 5.37. The summed E-state index contributed by atoms with van der Waals surface area (Å²) < 4.78 is 13.6. The lowest BCUT2D eigenvalue weighted by Crippen LogP contribution is -2.45. The first-order valence-electron chi connectivity index (χ1n) is 5.92. The van der Waals surface area contributed by atoms with Gasteiger partial charge in [0.05, 0.1) is 11.7 Å². The number of anilines is 1. The third-order valence-corrected chi connectivity index (χ3v) is 3.32. The molecule has 1 aliphatic rings. The Morgan fingerprint density at radius 2 is 2.06 bits per heavy atom. The minimum atomic E-state index is -0.493. The maximum atomic E-state index is 13.6. The number of nitrogens with one attached hydrogen (secondary N) is 1. The van der Waals surface area contributed by atoms with E-state index in [-0.39, 0.29) is 11.9 Å². The van der Waals surface area contributed by atoms with Gasteiger partial charge in [-0.15, -0.1) is 0 Å². The molecule has 1 aromatic heterocycles. The zero-order valence-electron chi connectivity index (χ0n) is 10.9. The minimum Gasteiger partial charge on any atom is -0.306 e. The second kappa shape index (κ2) is 5.13. The number of hydrazine groups is 1. The summed E-state index contributed by atoms with van der Waals surface area (Å²) in [6.45, 7) is 4.39. The van der Waals surface area contributed by atoms with E-state index in [0.717, 1.165) is 19.6 Å². The number of halogens is 1. The van der Waals surface area contributed by atoms with Gasteiger partial charge < -0.3 is 10.3 Å². The molecule has 0 radical (unpaired) electrons. The number of hydrogen-bond donors (Lipinski definition) is 2. The van der Waals surface area contributed by atoms with Crippen molar-refractivity contribution < 1.29 is 4.39 Å². The zero-order valence-corrected chi connectivity index (χ0v) is 10.9. The van der Waals surface area contributed by atoms with E-state index in [9.17, 15) is 4.39 Å². The molecule has 1 unspecified atom stereocenters. The Morgan fingerprint density at radius 3 is 2.72 bits per heavy atom. The number of aryl methyl sites for hydroxylation is 1. The highest BCUT2D eigenvalue weighted by Gasteiger charge is 2.27. The zero-order chi connectivity index (χ0) is 13.3. The van der Waals surface area contributed by atoms with E-state index >= 15 is 0 Å². The molecule has 3 N–H and O–H groups in total. The predicted molar refractivity (Wildman–Crippen MR) is 67.4 cm³/mol. The molecule has 2 heterocycles. The van der Waals surface area contributed by atoms with Gasteiger partial charge in [-0.2, -0.15) is 0 Å². The monoisotopic (exact) mass is 254 g/mol. The van der Waals surface area contributed by atoms with Crippen LogP contribution in [0.1, 0.15) is 17.6 Å². The fraction of sp³-hybridized carbons (Fsp3) is 0.636. The van der Waals surface area contributed by atoms with Crippen molar-refractivity contribution in [1.82, 2.24) is 19.8 Å². The van der Waals surface area contributed by atoms with Gasteiger partial charge in [-0.3, -0.25) is 4.90 Å². The maximum Gasteiger partial charge on any atom is 0.187 e. The number of nitrogens with zero attached hydrogens (tertiary/aromatic N) is 4. The van der Waals surface area contributed by atoms with Gasteiger partial charge in [0, 0.05) is 19.6 Å². The van der Waals surface area contributed by atoms with E-state index < -0.39 is 5.82 Å². The fourth-order valence-corrected chi connectivity index (χ4v) is 2.11. The number of likely N-dealkylation sites (N-methyl/N-ethyl adjacent to an activating group) is 2. The van der Waals surface area contributed by atoms with E-state index in [4.69, 9.17) is 5.84 Å². The first-order valence-corrected chi connectivity index (χ1v) is 5.92. The van der Waals surface area contributed by atoms with Crippen molar-refractivity contribution in [2.75, 3.05) is 39.2 Å². The smallest absolute Gasteiger partial charge is 0.187 e. The Bertz CT molecular complexity index is 438.